The molecule has 0 spiro atoms. The normalized spacial score (nSPS) is 17.0. The molecular formula is C25H25N3O4. The minimum absolute atomic E-state index is 0.0741. The molecule has 1 fully saturated rings. The number of rotatable bonds is 5. The SMILES string of the molecule is Cc1ccc(C(NC(=O)C2(c3ccc4c(n3)OCC(=O)N4)CC2)c2ccc(C)o2)c(C)c1. The molecule has 7 heteroatoms. The number of aromatic nitrogens is 1. The van der Waals surface area contributed by atoms with Crippen molar-refractivity contribution in [1.82, 2.24) is 10.3 Å². The van der Waals surface area contributed by atoms with Crippen LogP contribution in [0.25, 0.3) is 0 Å². The Bertz CT molecular complexity index is 1230. The summed E-state index contributed by atoms with van der Waals surface area (Å²) in [6.07, 6.45) is 1.40. The van der Waals surface area contributed by atoms with E-state index < -0.39 is 11.5 Å². The van der Waals surface area contributed by atoms with Gasteiger partial charge in [-0.25, -0.2) is 4.98 Å². The molecule has 2 aromatic heterocycles. The number of hydrogen-bond acceptors (Lipinski definition) is 5. The van der Waals surface area contributed by atoms with Crippen molar-refractivity contribution in [3.63, 3.8) is 0 Å². The zero-order valence-electron chi connectivity index (χ0n) is 18.3. The van der Waals surface area contributed by atoms with Gasteiger partial charge >= 0.3 is 0 Å². The number of carbonyl (C=O) groups is 2. The highest BCUT2D eigenvalue weighted by Gasteiger charge is 2.53. The molecule has 3 heterocycles. The van der Waals surface area contributed by atoms with E-state index in [1.54, 1.807) is 12.1 Å². The molecule has 1 aromatic carbocycles. The Balaban J connectivity index is 1.46. The van der Waals surface area contributed by atoms with Crippen LogP contribution in [0.15, 0.2) is 46.9 Å². The lowest BCUT2D eigenvalue weighted by Crippen LogP contribution is -2.38. The van der Waals surface area contributed by atoms with E-state index >= 15 is 0 Å². The fourth-order valence-electron chi connectivity index (χ4n) is 4.29. The van der Waals surface area contributed by atoms with Crippen LogP contribution in [0, 0.1) is 20.8 Å². The van der Waals surface area contributed by atoms with Crippen LogP contribution in [0.2, 0.25) is 0 Å². The topological polar surface area (TPSA) is 93.5 Å². The van der Waals surface area contributed by atoms with Gasteiger partial charge in [-0.15, -0.1) is 0 Å². The number of furan rings is 1. The zero-order chi connectivity index (χ0) is 22.5. The molecule has 2 N–H and O–H groups in total. The van der Waals surface area contributed by atoms with Crippen LogP contribution in [0.3, 0.4) is 0 Å². The zero-order valence-corrected chi connectivity index (χ0v) is 18.3. The summed E-state index contributed by atoms with van der Waals surface area (Å²) in [7, 11) is 0. The summed E-state index contributed by atoms with van der Waals surface area (Å²) in [5.41, 5.74) is 3.72. The molecule has 1 atom stereocenters. The lowest BCUT2D eigenvalue weighted by Gasteiger charge is -2.24. The van der Waals surface area contributed by atoms with Gasteiger partial charge in [0.15, 0.2) is 6.61 Å². The van der Waals surface area contributed by atoms with Gasteiger partial charge in [0.25, 0.3) is 5.91 Å². The van der Waals surface area contributed by atoms with Gasteiger partial charge in [0.1, 0.15) is 23.2 Å². The Morgan fingerprint density at radius 1 is 1.12 bits per heavy atom. The number of aryl methyl sites for hydroxylation is 3. The molecule has 3 aromatic rings. The Morgan fingerprint density at radius 2 is 1.94 bits per heavy atom. The molecule has 0 bridgehead atoms. The second-order valence-corrected chi connectivity index (χ2v) is 8.68. The maximum atomic E-state index is 13.6. The number of hydrogen-bond donors (Lipinski definition) is 2. The summed E-state index contributed by atoms with van der Waals surface area (Å²) in [5.74, 6) is 1.54. The van der Waals surface area contributed by atoms with E-state index in [0.29, 0.717) is 35.9 Å². The number of amides is 2. The van der Waals surface area contributed by atoms with Gasteiger partial charge in [-0.05, 0) is 69.0 Å². The van der Waals surface area contributed by atoms with Crippen LogP contribution < -0.4 is 15.4 Å². The van der Waals surface area contributed by atoms with E-state index in [2.05, 4.69) is 21.7 Å². The van der Waals surface area contributed by atoms with E-state index in [4.69, 9.17) is 9.15 Å². The van der Waals surface area contributed by atoms with Gasteiger partial charge in [0.05, 0.1) is 11.1 Å². The van der Waals surface area contributed by atoms with Gasteiger partial charge in [-0.3, -0.25) is 9.59 Å². The van der Waals surface area contributed by atoms with Gasteiger partial charge in [0, 0.05) is 0 Å². The number of ether oxygens (including phenoxy) is 1. The van der Waals surface area contributed by atoms with Crippen molar-refractivity contribution in [3.8, 4) is 5.88 Å². The largest absolute Gasteiger partial charge is 0.466 e. The van der Waals surface area contributed by atoms with E-state index in [1.807, 2.05) is 45.0 Å². The average molecular weight is 431 g/mol. The van der Waals surface area contributed by atoms with Crippen molar-refractivity contribution in [2.75, 3.05) is 11.9 Å². The van der Waals surface area contributed by atoms with Crippen LogP contribution in [0.4, 0.5) is 5.69 Å². The molecule has 7 nitrogen and oxygen atoms in total. The van der Waals surface area contributed by atoms with Crippen LogP contribution >= 0.6 is 0 Å². The van der Waals surface area contributed by atoms with E-state index in [0.717, 1.165) is 22.5 Å². The molecule has 2 amide bonds. The Morgan fingerprint density at radius 3 is 2.62 bits per heavy atom. The number of carbonyl (C=O) groups excluding carboxylic acids is 2. The number of benzene rings is 1. The van der Waals surface area contributed by atoms with Crippen LogP contribution in [0.5, 0.6) is 5.88 Å². The van der Waals surface area contributed by atoms with Crippen molar-refractivity contribution < 1.29 is 18.7 Å². The van der Waals surface area contributed by atoms with Crippen molar-refractivity contribution >= 4 is 17.5 Å². The predicted molar refractivity (Wildman–Crippen MR) is 119 cm³/mol. The fraction of sp³-hybridized carbons (Fsp3) is 0.320. The quantitative estimate of drug-likeness (QED) is 0.640. The third-order valence-corrected chi connectivity index (χ3v) is 6.21. The fourth-order valence-corrected chi connectivity index (χ4v) is 4.29. The summed E-state index contributed by atoms with van der Waals surface area (Å²) in [6, 6.07) is 13.1. The van der Waals surface area contributed by atoms with E-state index in [1.165, 1.54) is 0 Å². The number of nitrogens with one attached hydrogen (secondary N) is 2. The lowest BCUT2D eigenvalue weighted by atomic mass is 9.95. The van der Waals surface area contributed by atoms with Gasteiger partial charge in [-0.2, -0.15) is 0 Å². The highest BCUT2D eigenvalue weighted by molar-refractivity contribution is 5.95. The molecule has 0 saturated heterocycles. The minimum Gasteiger partial charge on any atom is -0.466 e. The number of anilines is 1. The molecule has 164 valence electrons. The number of nitrogens with zero attached hydrogens (tertiary/aromatic N) is 1. The number of fused-ring (bicyclic) bond motifs is 1. The first-order valence-electron chi connectivity index (χ1n) is 10.7. The Kier molecular flexibility index (Phi) is 4.77. The third kappa shape index (κ3) is 3.53. The maximum absolute atomic E-state index is 13.6. The molecule has 5 rings (SSSR count). The molecule has 1 saturated carbocycles. The summed E-state index contributed by atoms with van der Waals surface area (Å²) in [5, 5.41) is 5.97. The summed E-state index contributed by atoms with van der Waals surface area (Å²) in [6.45, 7) is 5.91. The maximum Gasteiger partial charge on any atom is 0.262 e. The van der Waals surface area contributed by atoms with Crippen LogP contribution in [-0.4, -0.2) is 23.4 Å². The monoisotopic (exact) mass is 431 g/mol. The Labute approximate surface area is 186 Å². The molecule has 0 radical (unpaired) electrons. The first-order chi connectivity index (χ1) is 15.4. The van der Waals surface area contributed by atoms with Crippen molar-refractivity contribution in [2.24, 2.45) is 0 Å². The molecular weight excluding hydrogens is 406 g/mol. The molecule has 1 aliphatic carbocycles. The standard InChI is InChI=1S/C25H25N3O4/c1-14-4-6-17(15(2)12-14)22(19-8-5-16(3)32-19)28-24(30)25(10-11-25)20-9-7-18-23(27-20)31-13-21(29)26-18/h4-9,12,22H,10-11,13H2,1-3H3,(H,26,29)(H,28,30). The number of pyridine rings is 1. The minimum atomic E-state index is -0.710. The average Bonchev–Trinajstić information content (AvgIpc) is 3.47. The predicted octanol–water partition coefficient (Wildman–Crippen LogP) is 3.87. The third-order valence-electron chi connectivity index (χ3n) is 6.21. The van der Waals surface area contributed by atoms with Gasteiger partial charge in [0.2, 0.25) is 11.8 Å². The van der Waals surface area contributed by atoms with Gasteiger partial charge in [-0.1, -0.05) is 23.8 Å². The van der Waals surface area contributed by atoms with Crippen LogP contribution in [0.1, 0.15) is 52.8 Å². The van der Waals surface area contributed by atoms with Gasteiger partial charge < -0.3 is 19.8 Å². The first kappa shape index (κ1) is 20.3. The molecule has 32 heavy (non-hydrogen) atoms. The second-order valence-electron chi connectivity index (χ2n) is 8.68. The molecule has 1 unspecified atom stereocenters. The van der Waals surface area contributed by atoms with Crippen molar-refractivity contribution in [3.05, 3.63) is 76.4 Å². The van der Waals surface area contributed by atoms with Crippen molar-refractivity contribution in [1.29, 1.82) is 0 Å². The van der Waals surface area contributed by atoms with E-state index in [-0.39, 0.29) is 18.4 Å². The lowest BCUT2D eigenvalue weighted by molar-refractivity contribution is -0.124. The summed E-state index contributed by atoms with van der Waals surface area (Å²) in [4.78, 5) is 29.7. The molecule has 1 aliphatic heterocycles. The van der Waals surface area contributed by atoms with E-state index in [9.17, 15) is 9.59 Å². The Hall–Kier alpha value is -3.61. The second kappa shape index (κ2) is 7.51. The molecule has 2 aliphatic rings. The summed E-state index contributed by atoms with van der Waals surface area (Å²) >= 11 is 0. The highest BCUT2D eigenvalue weighted by Crippen LogP contribution is 2.49. The summed E-state index contributed by atoms with van der Waals surface area (Å²) < 4.78 is 11.4. The van der Waals surface area contributed by atoms with Crippen LogP contribution in [-0.2, 0) is 15.0 Å². The highest BCUT2D eigenvalue weighted by atomic mass is 16.5. The smallest absolute Gasteiger partial charge is 0.262 e. The van der Waals surface area contributed by atoms with Crippen molar-refractivity contribution in [2.45, 2.75) is 45.1 Å². The first-order valence-corrected chi connectivity index (χ1v) is 10.7.